The third kappa shape index (κ3) is 3.86. The van der Waals surface area contributed by atoms with E-state index >= 15 is 0 Å². The molecule has 1 aliphatic heterocycles. The maximum atomic E-state index is 11.7. The van der Waals surface area contributed by atoms with E-state index in [4.69, 9.17) is 0 Å². The molecule has 0 aliphatic carbocycles. The lowest BCUT2D eigenvalue weighted by atomic mass is 10.1. The molecule has 17 heavy (non-hydrogen) atoms. The predicted octanol–water partition coefficient (Wildman–Crippen LogP) is 0.0314. The minimum absolute atomic E-state index is 0.0366. The van der Waals surface area contributed by atoms with E-state index in [9.17, 15) is 13.2 Å². The van der Waals surface area contributed by atoms with Gasteiger partial charge in [-0.15, -0.1) is 11.3 Å². The number of Topliss-reactive ketones (excluding diaryl/α,β-unsaturated/α-hetero) is 1. The minimum Gasteiger partial charge on any atom is -0.312 e. The van der Waals surface area contributed by atoms with Crippen LogP contribution >= 0.6 is 11.3 Å². The fourth-order valence-electron chi connectivity index (χ4n) is 1.85. The molecule has 0 radical (unpaired) electrons. The van der Waals surface area contributed by atoms with Gasteiger partial charge in [0.15, 0.2) is 9.84 Å². The highest BCUT2D eigenvalue weighted by atomic mass is 32.2. The third-order valence-corrected chi connectivity index (χ3v) is 5.12. The molecule has 2 rings (SSSR count). The summed E-state index contributed by atoms with van der Waals surface area (Å²) < 4.78 is 22.8. The van der Waals surface area contributed by atoms with Crippen LogP contribution in [-0.4, -0.2) is 43.3 Å². The molecule has 0 amide bonds. The highest BCUT2D eigenvalue weighted by molar-refractivity contribution is 7.91. The van der Waals surface area contributed by atoms with E-state index in [0.29, 0.717) is 13.0 Å². The number of hydrogen-bond donors (Lipinski definition) is 1. The van der Waals surface area contributed by atoms with Crippen LogP contribution in [0.25, 0.3) is 0 Å². The second-order valence-electron chi connectivity index (χ2n) is 4.11. The molecule has 0 saturated carbocycles. The highest BCUT2D eigenvalue weighted by Crippen LogP contribution is 2.10. The zero-order chi connectivity index (χ0) is 12.3. The Morgan fingerprint density at radius 1 is 1.59 bits per heavy atom. The van der Waals surface area contributed by atoms with Crippen LogP contribution in [0.2, 0.25) is 0 Å². The molecule has 0 spiro atoms. The summed E-state index contributed by atoms with van der Waals surface area (Å²) in [7, 11) is -2.97. The molecule has 1 N–H and O–H groups in total. The number of carbonyl (C=O) groups excluding carboxylic acids is 1. The number of nitrogens with one attached hydrogen (secondary N) is 1. The maximum Gasteiger partial charge on any atom is 0.153 e. The zero-order valence-corrected chi connectivity index (χ0v) is 10.9. The van der Waals surface area contributed by atoms with Gasteiger partial charge in [0.05, 0.1) is 22.9 Å². The summed E-state index contributed by atoms with van der Waals surface area (Å²) in [4.78, 5) is 15.8. The van der Waals surface area contributed by atoms with Crippen LogP contribution in [0.15, 0.2) is 11.6 Å². The van der Waals surface area contributed by atoms with Crippen LogP contribution in [0.5, 0.6) is 0 Å². The molecule has 1 aliphatic rings. The van der Waals surface area contributed by atoms with E-state index in [1.54, 1.807) is 6.20 Å². The van der Waals surface area contributed by atoms with Crippen LogP contribution in [-0.2, 0) is 21.1 Å². The number of aromatic nitrogens is 1. The Labute approximate surface area is 104 Å². The third-order valence-electron chi connectivity index (χ3n) is 2.61. The van der Waals surface area contributed by atoms with Gasteiger partial charge in [-0.1, -0.05) is 0 Å². The molecule has 1 aromatic rings. The van der Waals surface area contributed by atoms with Crippen molar-refractivity contribution in [2.24, 2.45) is 0 Å². The molecule has 5 nitrogen and oxygen atoms in total. The van der Waals surface area contributed by atoms with Gasteiger partial charge in [0.25, 0.3) is 0 Å². The Morgan fingerprint density at radius 3 is 3.06 bits per heavy atom. The van der Waals surface area contributed by atoms with Crippen molar-refractivity contribution in [2.45, 2.75) is 18.9 Å². The molecule has 1 fully saturated rings. The molecule has 1 aromatic heterocycles. The second kappa shape index (κ2) is 5.24. The molecular weight excluding hydrogens is 260 g/mol. The van der Waals surface area contributed by atoms with Crippen LogP contribution in [0.4, 0.5) is 0 Å². The Kier molecular flexibility index (Phi) is 3.90. The summed E-state index contributed by atoms with van der Waals surface area (Å²) in [5.74, 6) is 0.274. The number of ketones is 1. The molecule has 1 saturated heterocycles. The molecule has 7 heteroatoms. The number of thiazole rings is 1. The van der Waals surface area contributed by atoms with E-state index in [1.165, 1.54) is 11.3 Å². The van der Waals surface area contributed by atoms with Gasteiger partial charge < -0.3 is 5.32 Å². The van der Waals surface area contributed by atoms with Crippen LogP contribution in [0, 0.1) is 0 Å². The first kappa shape index (κ1) is 12.7. The Bertz CT molecular complexity index is 482. The van der Waals surface area contributed by atoms with Gasteiger partial charge in [0.2, 0.25) is 0 Å². The van der Waals surface area contributed by atoms with Gasteiger partial charge in [0, 0.05) is 30.6 Å². The van der Waals surface area contributed by atoms with Crippen molar-refractivity contribution < 1.29 is 13.2 Å². The smallest absolute Gasteiger partial charge is 0.153 e. The molecule has 1 atom stereocenters. The average molecular weight is 274 g/mol. The van der Waals surface area contributed by atoms with Gasteiger partial charge in [-0.3, -0.25) is 4.79 Å². The Hall–Kier alpha value is -0.790. The SMILES string of the molecule is O=C(Cc1nccs1)CC1CS(=O)(=O)CCN1. The second-order valence-corrected chi connectivity index (χ2v) is 7.32. The summed E-state index contributed by atoms with van der Waals surface area (Å²) in [5, 5.41) is 5.68. The normalized spacial score (nSPS) is 23.4. The molecular formula is C10H14N2O3S2. The highest BCUT2D eigenvalue weighted by Gasteiger charge is 2.25. The number of hydrogen-bond acceptors (Lipinski definition) is 6. The number of rotatable bonds is 4. The lowest BCUT2D eigenvalue weighted by Gasteiger charge is -2.22. The quantitative estimate of drug-likeness (QED) is 0.838. The topological polar surface area (TPSA) is 76.1 Å². The monoisotopic (exact) mass is 274 g/mol. The standard InChI is InChI=1S/C10H14N2O3S2/c13-9(6-10-12-1-3-16-10)5-8-7-17(14,15)4-2-11-8/h1,3,8,11H,2,4-7H2. The summed E-state index contributed by atoms with van der Waals surface area (Å²) in [5.41, 5.74) is 0. The van der Waals surface area contributed by atoms with Crippen LogP contribution in [0.3, 0.4) is 0 Å². The van der Waals surface area contributed by atoms with Gasteiger partial charge in [0.1, 0.15) is 5.78 Å². The molecule has 0 aromatic carbocycles. The van der Waals surface area contributed by atoms with Crippen molar-refractivity contribution >= 4 is 27.0 Å². The van der Waals surface area contributed by atoms with E-state index in [2.05, 4.69) is 10.3 Å². The van der Waals surface area contributed by atoms with Gasteiger partial charge in [-0.25, -0.2) is 13.4 Å². The van der Waals surface area contributed by atoms with Crippen molar-refractivity contribution in [1.82, 2.24) is 10.3 Å². The lowest BCUT2D eigenvalue weighted by molar-refractivity contribution is -0.118. The fourth-order valence-corrected chi connectivity index (χ4v) is 3.94. The lowest BCUT2D eigenvalue weighted by Crippen LogP contribution is -2.46. The van der Waals surface area contributed by atoms with E-state index < -0.39 is 9.84 Å². The van der Waals surface area contributed by atoms with Crippen molar-refractivity contribution in [1.29, 1.82) is 0 Å². The van der Waals surface area contributed by atoms with Gasteiger partial charge in [-0.05, 0) is 0 Å². The first-order valence-corrected chi connectivity index (χ1v) is 8.09. The fraction of sp³-hybridized carbons (Fsp3) is 0.600. The Balaban J connectivity index is 1.86. The van der Waals surface area contributed by atoms with Crippen molar-refractivity contribution in [3.8, 4) is 0 Å². The van der Waals surface area contributed by atoms with E-state index in [-0.39, 0.29) is 29.8 Å². The van der Waals surface area contributed by atoms with E-state index in [0.717, 1.165) is 5.01 Å². The molecule has 94 valence electrons. The summed E-state index contributed by atoms with van der Waals surface area (Å²) in [6.45, 7) is 0.442. The average Bonchev–Trinajstić information content (AvgIpc) is 2.68. The van der Waals surface area contributed by atoms with Crippen molar-refractivity contribution in [2.75, 3.05) is 18.1 Å². The predicted molar refractivity (Wildman–Crippen MR) is 65.9 cm³/mol. The molecule has 2 heterocycles. The van der Waals surface area contributed by atoms with E-state index in [1.807, 2.05) is 5.38 Å². The van der Waals surface area contributed by atoms with Crippen molar-refractivity contribution in [3.63, 3.8) is 0 Å². The molecule has 1 unspecified atom stereocenters. The first-order chi connectivity index (χ1) is 8.05. The molecule has 0 bridgehead atoms. The maximum absolute atomic E-state index is 11.7. The summed E-state index contributed by atoms with van der Waals surface area (Å²) >= 11 is 1.44. The first-order valence-electron chi connectivity index (χ1n) is 5.39. The number of nitrogens with zero attached hydrogens (tertiary/aromatic N) is 1. The van der Waals surface area contributed by atoms with Gasteiger partial charge >= 0.3 is 0 Å². The largest absolute Gasteiger partial charge is 0.312 e. The van der Waals surface area contributed by atoms with Crippen LogP contribution in [0.1, 0.15) is 11.4 Å². The minimum atomic E-state index is -2.97. The zero-order valence-electron chi connectivity index (χ0n) is 9.26. The van der Waals surface area contributed by atoms with Crippen LogP contribution < -0.4 is 5.32 Å². The van der Waals surface area contributed by atoms with Crippen molar-refractivity contribution in [3.05, 3.63) is 16.6 Å². The summed E-state index contributed by atoms with van der Waals surface area (Å²) in [6.07, 6.45) is 2.23. The summed E-state index contributed by atoms with van der Waals surface area (Å²) in [6, 6.07) is -0.235. The Morgan fingerprint density at radius 2 is 2.41 bits per heavy atom. The number of sulfone groups is 1. The number of carbonyl (C=O) groups is 1. The van der Waals surface area contributed by atoms with Gasteiger partial charge in [-0.2, -0.15) is 0 Å².